The van der Waals surface area contributed by atoms with Gasteiger partial charge >= 0.3 is 0 Å². The number of guanidine groups is 1. The van der Waals surface area contributed by atoms with Gasteiger partial charge in [0.15, 0.2) is 5.96 Å². The maximum absolute atomic E-state index is 5.91. The monoisotopic (exact) mass is 336 g/mol. The van der Waals surface area contributed by atoms with Crippen LogP contribution < -0.4 is 10.6 Å². The summed E-state index contributed by atoms with van der Waals surface area (Å²) in [6.07, 6.45) is 4.59. The lowest BCUT2D eigenvalue weighted by atomic mass is 10.1. The van der Waals surface area contributed by atoms with Gasteiger partial charge in [0.1, 0.15) is 0 Å². The van der Waals surface area contributed by atoms with E-state index in [9.17, 15) is 0 Å². The van der Waals surface area contributed by atoms with Crippen LogP contribution in [-0.4, -0.2) is 50.1 Å². The van der Waals surface area contributed by atoms with Crippen molar-refractivity contribution in [2.45, 2.75) is 38.6 Å². The summed E-state index contributed by atoms with van der Waals surface area (Å²) >= 11 is 5.91. The molecule has 128 valence electrons. The van der Waals surface area contributed by atoms with E-state index < -0.39 is 0 Å². The van der Waals surface area contributed by atoms with E-state index in [1.807, 2.05) is 19.2 Å². The van der Waals surface area contributed by atoms with Crippen molar-refractivity contribution in [2.24, 2.45) is 4.99 Å². The Morgan fingerprint density at radius 3 is 2.57 bits per heavy atom. The lowest BCUT2D eigenvalue weighted by Gasteiger charge is -2.32. The van der Waals surface area contributed by atoms with Crippen molar-refractivity contribution in [3.63, 3.8) is 0 Å². The maximum atomic E-state index is 5.91. The minimum absolute atomic E-state index is 0.532. The molecule has 1 aromatic carbocycles. The minimum atomic E-state index is 0.532. The van der Waals surface area contributed by atoms with Crippen molar-refractivity contribution in [3.05, 3.63) is 34.9 Å². The van der Waals surface area contributed by atoms with Crippen LogP contribution in [0.25, 0.3) is 0 Å². The summed E-state index contributed by atoms with van der Waals surface area (Å²) in [6.45, 7) is 6.72. The number of rotatable bonds is 6. The van der Waals surface area contributed by atoms with Gasteiger partial charge in [-0.1, -0.05) is 30.7 Å². The van der Waals surface area contributed by atoms with Gasteiger partial charge in [-0.25, -0.2) is 0 Å². The first kappa shape index (κ1) is 18.1. The van der Waals surface area contributed by atoms with Crippen molar-refractivity contribution in [1.29, 1.82) is 0 Å². The Kier molecular flexibility index (Phi) is 7.69. The number of hydrogen-bond donors (Lipinski definition) is 2. The molecule has 4 nitrogen and oxygen atoms in total. The van der Waals surface area contributed by atoms with Gasteiger partial charge in [-0.05, 0) is 49.9 Å². The van der Waals surface area contributed by atoms with Crippen LogP contribution in [0.15, 0.2) is 29.3 Å². The zero-order valence-corrected chi connectivity index (χ0v) is 15.1. The molecule has 2 rings (SSSR count). The fourth-order valence-corrected chi connectivity index (χ4v) is 3.11. The first-order valence-electron chi connectivity index (χ1n) is 8.65. The lowest BCUT2D eigenvalue weighted by molar-refractivity contribution is 0.206. The van der Waals surface area contributed by atoms with E-state index in [0.29, 0.717) is 6.04 Å². The molecular formula is C18H29ClN4. The zero-order chi connectivity index (χ0) is 16.5. The van der Waals surface area contributed by atoms with Gasteiger partial charge in [-0.15, -0.1) is 0 Å². The predicted molar refractivity (Wildman–Crippen MR) is 99.4 cm³/mol. The quantitative estimate of drug-likeness (QED) is 0.620. The Balaban J connectivity index is 1.68. The molecule has 0 bridgehead atoms. The highest BCUT2D eigenvalue weighted by atomic mass is 35.5. The molecule has 1 aliphatic rings. The minimum Gasteiger partial charge on any atom is -0.356 e. The first-order valence-corrected chi connectivity index (χ1v) is 9.03. The van der Waals surface area contributed by atoms with E-state index in [2.05, 4.69) is 39.6 Å². The average molecular weight is 337 g/mol. The van der Waals surface area contributed by atoms with Gasteiger partial charge in [0.25, 0.3) is 0 Å². The largest absolute Gasteiger partial charge is 0.356 e. The highest BCUT2D eigenvalue weighted by Gasteiger charge is 2.19. The van der Waals surface area contributed by atoms with Crippen LogP contribution in [0.3, 0.4) is 0 Å². The summed E-state index contributed by atoms with van der Waals surface area (Å²) in [4.78, 5) is 6.89. The second-order valence-electron chi connectivity index (χ2n) is 6.14. The number of nitrogens with zero attached hydrogens (tertiary/aromatic N) is 2. The second-order valence-corrected chi connectivity index (χ2v) is 6.57. The lowest BCUT2D eigenvalue weighted by Crippen LogP contribution is -2.49. The number of halogens is 1. The molecule has 23 heavy (non-hydrogen) atoms. The topological polar surface area (TPSA) is 39.7 Å². The summed E-state index contributed by atoms with van der Waals surface area (Å²) in [7, 11) is 1.84. The first-order chi connectivity index (χ1) is 11.2. The molecule has 1 fully saturated rings. The Bertz CT molecular complexity index is 478. The number of likely N-dealkylation sites (tertiary alicyclic amines) is 1. The Morgan fingerprint density at radius 1 is 1.26 bits per heavy atom. The van der Waals surface area contributed by atoms with Gasteiger partial charge in [-0.2, -0.15) is 0 Å². The Hall–Kier alpha value is -1.26. The van der Waals surface area contributed by atoms with E-state index in [0.717, 1.165) is 23.9 Å². The van der Waals surface area contributed by atoms with E-state index >= 15 is 0 Å². The van der Waals surface area contributed by atoms with Gasteiger partial charge in [0.05, 0.1) is 0 Å². The van der Waals surface area contributed by atoms with Crippen LogP contribution in [0, 0.1) is 0 Å². The fraction of sp³-hybridized carbons (Fsp3) is 0.611. The Labute approximate surface area is 145 Å². The third kappa shape index (κ3) is 6.40. The smallest absolute Gasteiger partial charge is 0.191 e. The molecule has 0 spiro atoms. The fourth-order valence-electron chi connectivity index (χ4n) is 2.98. The predicted octanol–water partition coefficient (Wildman–Crippen LogP) is 2.92. The number of benzene rings is 1. The molecule has 5 heteroatoms. The van der Waals surface area contributed by atoms with Crippen molar-refractivity contribution in [1.82, 2.24) is 15.5 Å². The van der Waals surface area contributed by atoms with Crippen molar-refractivity contribution in [2.75, 3.05) is 33.2 Å². The van der Waals surface area contributed by atoms with Crippen LogP contribution in [0.2, 0.25) is 5.02 Å². The molecule has 0 aliphatic carbocycles. The van der Waals surface area contributed by atoms with Crippen LogP contribution in [-0.2, 0) is 6.42 Å². The number of nitrogens with one attached hydrogen (secondary N) is 2. The molecule has 0 radical (unpaired) electrons. The third-order valence-corrected chi connectivity index (χ3v) is 4.56. The van der Waals surface area contributed by atoms with Crippen molar-refractivity contribution < 1.29 is 0 Å². The second kappa shape index (κ2) is 9.78. The van der Waals surface area contributed by atoms with Crippen LogP contribution >= 0.6 is 11.6 Å². The number of hydrogen-bond acceptors (Lipinski definition) is 2. The number of piperidine rings is 1. The Morgan fingerprint density at radius 2 is 1.96 bits per heavy atom. The maximum Gasteiger partial charge on any atom is 0.191 e. The highest BCUT2D eigenvalue weighted by molar-refractivity contribution is 6.30. The standard InChI is InChI=1S/C18H29ClN4/c1-3-12-23-13-9-17(10-14-23)22-18(20-2)21-11-8-15-4-6-16(19)7-5-15/h4-7,17H,3,8-14H2,1-2H3,(H2,20,21,22). The average Bonchev–Trinajstić information content (AvgIpc) is 2.57. The molecule has 1 saturated heterocycles. The van der Waals surface area contributed by atoms with Crippen molar-refractivity contribution in [3.8, 4) is 0 Å². The molecule has 0 saturated carbocycles. The molecule has 2 N–H and O–H groups in total. The summed E-state index contributed by atoms with van der Waals surface area (Å²) in [5.74, 6) is 0.910. The van der Waals surface area contributed by atoms with E-state index in [-0.39, 0.29) is 0 Å². The molecule has 0 unspecified atom stereocenters. The SMILES string of the molecule is CCCN1CCC(NC(=NC)NCCc2ccc(Cl)cc2)CC1. The summed E-state index contributed by atoms with van der Waals surface area (Å²) in [5.41, 5.74) is 1.28. The van der Waals surface area contributed by atoms with E-state index in [4.69, 9.17) is 11.6 Å². The molecule has 0 aromatic heterocycles. The van der Waals surface area contributed by atoms with Crippen LogP contribution in [0.1, 0.15) is 31.7 Å². The normalized spacial score (nSPS) is 17.3. The molecule has 1 aliphatic heterocycles. The molecule has 0 amide bonds. The van der Waals surface area contributed by atoms with Crippen LogP contribution in [0.4, 0.5) is 0 Å². The van der Waals surface area contributed by atoms with Crippen molar-refractivity contribution >= 4 is 17.6 Å². The molecule has 1 heterocycles. The van der Waals surface area contributed by atoms with Gasteiger partial charge in [-0.3, -0.25) is 4.99 Å². The summed E-state index contributed by atoms with van der Waals surface area (Å²) in [6, 6.07) is 8.56. The third-order valence-electron chi connectivity index (χ3n) is 4.31. The number of aliphatic imine (C=N–C) groups is 1. The summed E-state index contributed by atoms with van der Waals surface area (Å²) < 4.78 is 0. The molecule has 1 aromatic rings. The molecular weight excluding hydrogens is 308 g/mol. The van der Waals surface area contributed by atoms with Crippen LogP contribution in [0.5, 0.6) is 0 Å². The van der Waals surface area contributed by atoms with E-state index in [1.54, 1.807) is 0 Å². The zero-order valence-electron chi connectivity index (χ0n) is 14.3. The van der Waals surface area contributed by atoms with Gasteiger partial charge in [0.2, 0.25) is 0 Å². The van der Waals surface area contributed by atoms with Gasteiger partial charge in [0, 0.05) is 37.7 Å². The highest BCUT2D eigenvalue weighted by Crippen LogP contribution is 2.11. The van der Waals surface area contributed by atoms with E-state index in [1.165, 1.54) is 44.5 Å². The summed E-state index contributed by atoms with van der Waals surface area (Å²) in [5, 5.41) is 7.75. The molecule has 0 atom stereocenters. The van der Waals surface area contributed by atoms with Gasteiger partial charge < -0.3 is 15.5 Å².